The molecule has 30 heavy (non-hydrogen) atoms. The van der Waals surface area contributed by atoms with E-state index in [0.29, 0.717) is 25.3 Å². The molecule has 1 aromatic heterocycles. The summed E-state index contributed by atoms with van der Waals surface area (Å²) < 4.78 is 1.80. The molecular formula is C20H21N5O5. The monoisotopic (exact) mass is 411 g/mol. The molecule has 3 heterocycles. The third-order valence-electron chi connectivity index (χ3n) is 5.53. The van der Waals surface area contributed by atoms with Crippen LogP contribution in [0, 0.1) is 16.0 Å². The second kappa shape index (κ2) is 7.97. The van der Waals surface area contributed by atoms with E-state index in [-0.39, 0.29) is 35.7 Å². The summed E-state index contributed by atoms with van der Waals surface area (Å²) in [6.45, 7) is 1.41. The van der Waals surface area contributed by atoms with E-state index in [4.69, 9.17) is 0 Å². The van der Waals surface area contributed by atoms with Crippen molar-refractivity contribution >= 4 is 23.3 Å². The molecule has 1 saturated heterocycles. The van der Waals surface area contributed by atoms with Gasteiger partial charge in [0.15, 0.2) is 0 Å². The molecule has 2 unspecified atom stereocenters. The van der Waals surface area contributed by atoms with Gasteiger partial charge in [0.2, 0.25) is 5.91 Å². The number of hydrogen-bond acceptors (Lipinski definition) is 5. The summed E-state index contributed by atoms with van der Waals surface area (Å²) in [7, 11) is 0. The van der Waals surface area contributed by atoms with Gasteiger partial charge in [-0.25, -0.2) is 4.79 Å². The van der Waals surface area contributed by atoms with Crippen LogP contribution < -0.4 is 16.2 Å². The number of nitro benzene ring substituents is 1. The lowest BCUT2D eigenvalue weighted by atomic mass is 9.83. The number of anilines is 1. The molecule has 2 aromatic rings. The quantitative estimate of drug-likeness (QED) is 0.583. The Bertz CT molecular complexity index is 1050. The first-order valence-electron chi connectivity index (χ1n) is 9.67. The Hall–Kier alpha value is -3.69. The predicted molar refractivity (Wildman–Crippen MR) is 108 cm³/mol. The van der Waals surface area contributed by atoms with E-state index < -0.39 is 10.8 Å². The van der Waals surface area contributed by atoms with Crippen molar-refractivity contribution in [1.29, 1.82) is 0 Å². The number of hydrogen-bond donors (Lipinski definition) is 2. The highest BCUT2D eigenvalue weighted by Gasteiger charge is 2.36. The molecule has 2 aliphatic heterocycles. The number of rotatable bonds is 4. The topological polar surface area (TPSA) is 127 Å². The Labute approximate surface area is 171 Å². The van der Waals surface area contributed by atoms with E-state index >= 15 is 0 Å². The maximum absolute atomic E-state index is 12.6. The average Bonchev–Trinajstić information content (AvgIpc) is 2.73. The van der Waals surface area contributed by atoms with Crippen LogP contribution in [0.3, 0.4) is 0 Å². The fraction of sp³-hybridized carbons (Fsp3) is 0.350. The van der Waals surface area contributed by atoms with E-state index in [1.807, 2.05) is 6.07 Å². The van der Waals surface area contributed by atoms with Gasteiger partial charge >= 0.3 is 6.03 Å². The highest BCUT2D eigenvalue weighted by molar-refractivity contribution is 5.94. The number of nitro groups is 1. The third-order valence-corrected chi connectivity index (χ3v) is 5.53. The van der Waals surface area contributed by atoms with Gasteiger partial charge in [-0.1, -0.05) is 6.07 Å². The van der Waals surface area contributed by atoms with Gasteiger partial charge < -0.3 is 20.1 Å². The van der Waals surface area contributed by atoms with Crippen LogP contribution in [0.1, 0.15) is 18.0 Å². The molecule has 0 radical (unpaired) electrons. The van der Waals surface area contributed by atoms with E-state index in [9.17, 15) is 24.5 Å². The Morgan fingerprint density at radius 2 is 1.87 bits per heavy atom. The molecule has 1 fully saturated rings. The molecule has 156 valence electrons. The molecule has 3 amide bonds. The Kier molecular flexibility index (Phi) is 5.21. The molecule has 0 spiro atoms. The lowest BCUT2D eigenvalue weighted by Crippen LogP contribution is -2.52. The molecule has 2 aliphatic rings. The van der Waals surface area contributed by atoms with Crippen molar-refractivity contribution in [2.75, 3.05) is 25.0 Å². The van der Waals surface area contributed by atoms with E-state index in [0.717, 1.165) is 12.1 Å². The number of carbonyl (C=O) groups is 2. The number of nitrogens with one attached hydrogen (secondary N) is 2. The van der Waals surface area contributed by atoms with Crippen molar-refractivity contribution < 1.29 is 14.5 Å². The van der Waals surface area contributed by atoms with Crippen molar-refractivity contribution in [2.24, 2.45) is 5.92 Å². The summed E-state index contributed by atoms with van der Waals surface area (Å²) >= 11 is 0. The number of piperidine rings is 1. The zero-order chi connectivity index (χ0) is 21.3. The van der Waals surface area contributed by atoms with Crippen LogP contribution in [0.2, 0.25) is 0 Å². The smallest absolute Gasteiger partial charge is 0.317 e. The maximum atomic E-state index is 12.6. The number of carbonyl (C=O) groups excluding carboxylic acids is 2. The molecule has 2 atom stereocenters. The molecular weight excluding hydrogens is 390 g/mol. The van der Waals surface area contributed by atoms with Gasteiger partial charge in [0.05, 0.1) is 11.5 Å². The Morgan fingerprint density at radius 3 is 2.60 bits per heavy atom. The van der Waals surface area contributed by atoms with Gasteiger partial charge in [-0.15, -0.1) is 0 Å². The number of benzene rings is 1. The molecule has 0 aliphatic carbocycles. The number of non-ortho nitro benzene ring substituents is 1. The van der Waals surface area contributed by atoms with Gasteiger partial charge in [-0.05, 0) is 30.5 Å². The van der Waals surface area contributed by atoms with Crippen molar-refractivity contribution in [2.45, 2.75) is 18.9 Å². The van der Waals surface area contributed by atoms with Gasteiger partial charge in [0, 0.05) is 55.1 Å². The van der Waals surface area contributed by atoms with Gasteiger partial charge in [0.25, 0.3) is 11.2 Å². The van der Waals surface area contributed by atoms with Crippen molar-refractivity contribution in [3.05, 3.63) is 68.6 Å². The van der Waals surface area contributed by atoms with Crippen LogP contribution in [0.4, 0.5) is 16.2 Å². The molecule has 1 aromatic carbocycles. The van der Waals surface area contributed by atoms with Crippen molar-refractivity contribution in [3.8, 4) is 0 Å². The highest BCUT2D eigenvalue weighted by atomic mass is 16.6. The van der Waals surface area contributed by atoms with E-state index in [2.05, 4.69) is 10.6 Å². The second-order valence-corrected chi connectivity index (χ2v) is 7.61. The summed E-state index contributed by atoms with van der Waals surface area (Å²) in [5.74, 6) is -0.117. The summed E-state index contributed by atoms with van der Waals surface area (Å²) in [6.07, 6.45) is 0.938. The summed E-state index contributed by atoms with van der Waals surface area (Å²) in [6, 6.07) is 10.4. The molecule has 2 bridgehead atoms. The number of urea groups is 1. The lowest BCUT2D eigenvalue weighted by Gasteiger charge is -2.42. The normalized spacial score (nSPS) is 19.5. The number of nitrogens with zero attached hydrogens (tertiary/aromatic N) is 3. The number of pyridine rings is 1. The van der Waals surface area contributed by atoms with Crippen LogP contribution >= 0.6 is 0 Å². The Balaban J connectivity index is 1.32. The van der Waals surface area contributed by atoms with E-state index in [1.54, 1.807) is 21.6 Å². The van der Waals surface area contributed by atoms with Gasteiger partial charge in [0.1, 0.15) is 0 Å². The zero-order valence-electron chi connectivity index (χ0n) is 16.1. The molecule has 10 heteroatoms. The first kappa shape index (κ1) is 19.6. The fourth-order valence-corrected chi connectivity index (χ4v) is 4.20. The standard InChI is InChI=1S/C20H21N5O5/c26-18(22-15-4-6-16(7-5-15)25(29)30)9-21-20(28)23-10-13-8-14(12-23)17-2-1-3-19(27)24(17)11-13/h1-7,13-14H,8-12H2,(H,21,28)(H,22,26). The number of aromatic nitrogens is 1. The first-order chi connectivity index (χ1) is 14.4. The summed E-state index contributed by atoms with van der Waals surface area (Å²) in [5.41, 5.74) is 1.28. The van der Waals surface area contributed by atoms with Crippen LogP contribution in [-0.2, 0) is 11.3 Å². The van der Waals surface area contributed by atoms with E-state index in [1.165, 1.54) is 24.3 Å². The average molecular weight is 411 g/mol. The van der Waals surface area contributed by atoms with Crippen molar-refractivity contribution in [1.82, 2.24) is 14.8 Å². The second-order valence-electron chi connectivity index (χ2n) is 7.61. The SMILES string of the molecule is O=C(CNC(=O)N1CC2CC(C1)c1cccc(=O)n1C2)Nc1ccc([N+](=O)[O-])cc1. The largest absolute Gasteiger partial charge is 0.329 e. The van der Waals surface area contributed by atoms with Gasteiger partial charge in [-0.2, -0.15) is 0 Å². The molecule has 2 N–H and O–H groups in total. The minimum Gasteiger partial charge on any atom is -0.329 e. The van der Waals surface area contributed by atoms with Crippen LogP contribution in [0.25, 0.3) is 0 Å². The predicted octanol–water partition coefficient (Wildman–Crippen LogP) is 1.52. The number of likely N-dealkylation sites (tertiary alicyclic amines) is 1. The fourth-order valence-electron chi connectivity index (χ4n) is 4.20. The number of fused-ring (bicyclic) bond motifs is 4. The first-order valence-corrected chi connectivity index (χ1v) is 9.67. The third kappa shape index (κ3) is 4.02. The van der Waals surface area contributed by atoms with Crippen molar-refractivity contribution in [3.63, 3.8) is 0 Å². The van der Waals surface area contributed by atoms with Crippen LogP contribution in [0.15, 0.2) is 47.3 Å². The minimum atomic E-state index is -0.519. The minimum absolute atomic E-state index is 0.0111. The Morgan fingerprint density at radius 1 is 1.10 bits per heavy atom. The van der Waals surface area contributed by atoms with Crippen LogP contribution in [-0.4, -0.2) is 46.0 Å². The maximum Gasteiger partial charge on any atom is 0.317 e. The zero-order valence-corrected chi connectivity index (χ0v) is 16.1. The summed E-state index contributed by atoms with van der Waals surface area (Å²) in [5, 5.41) is 15.9. The molecule has 0 saturated carbocycles. The lowest BCUT2D eigenvalue weighted by molar-refractivity contribution is -0.384. The highest BCUT2D eigenvalue weighted by Crippen LogP contribution is 2.34. The molecule has 10 nitrogen and oxygen atoms in total. The summed E-state index contributed by atoms with van der Waals surface area (Å²) in [4.78, 5) is 48.6. The van der Waals surface area contributed by atoms with Crippen LogP contribution in [0.5, 0.6) is 0 Å². The molecule has 4 rings (SSSR count). The van der Waals surface area contributed by atoms with Gasteiger partial charge in [-0.3, -0.25) is 19.7 Å². The number of amides is 3.